The summed E-state index contributed by atoms with van der Waals surface area (Å²) in [4.78, 5) is 0. The number of nitrogens with zero attached hydrogens (tertiary/aromatic N) is 1. The van der Waals surface area contributed by atoms with Crippen molar-refractivity contribution < 1.29 is 14.2 Å². The maximum absolute atomic E-state index is 13.3. The molecule has 5 heteroatoms. The molecule has 74 valence electrons. The molecular formula is C9H7ClFNO2. The lowest BCUT2D eigenvalue weighted by Gasteiger charge is -2.09. The highest BCUT2D eigenvalue weighted by Gasteiger charge is 2.17. The first kappa shape index (κ1) is 10.6. The number of ether oxygens (including phenoxy) is 1. The van der Waals surface area contributed by atoms with Gasteiger partial charge in [0, 0.05) is 11.6 Å². The van der Waals surface area contributed by atoms with Gasteiger partial charge < -0.3 is 9.84 Å². The van der Waals surface area contributed by atoms with Crippen LogP contribution in [0.2, 0.25) is 5.02 Å². The van der Waals surface area contributed by atoms with Gasteiger partial charge in [-0.15, -0.1) is 0 Å². The Morgan fingerprint density at radius 3 is 2.86 bits per heavy atom. The van der Waals surface area contributed by atoms with Crippen LogP contribution in [0.4, 0.5) is 4.39 Å². The summed E-state index contributed by atoms with van der Waals surface area (Å²) < 4.78 is 18.1. The van der Waals surface area contributed by atoms with E-state index in [4.69, 9.17) is 21.6 Å². The van der Waals surface area contributed by atoms with E-state index in [0.29, 0.717) is 0 Å². The number of nitriles is 1. The van der Waals surface area contributed by atoms with Gasteiger partial charge in [0.1, 0.15) is 5.82 Å². The second kappa shape index (κ2) is 4.16. The van der Waals surface area contributed by atoms with Crippen LogP contribution in [0.5, 0.6) is 11.5 Å². The highest BCUT2D eigenvalue weighted by molar-refractivity contribution is 6.31. The van der Waals surface area contributed by atoms with Crippen molar-refractivity contribution in [1.82, 2.24) is 0 Å². The van der Waals surface area contributed by atoms with Crippen LogP contribution in [0, 0.1) is 17.1 Å². The lowest BCUT2D eigenvalue weighted by molar-refractivity contribution is 0.366. The van der Waals surface area contributed by atoms with Gasteiger partial charge in [0.2, 0.25) is 0 Å². The maximum Gasteiger partial charge on any atom is 0.167 e. The molecule has 0 saturated heterocycles. The fourth-order valence-electron chi connectivity index (χ4n) is 1.11. The molecule has 0 amide bonds. The van der Waals surface area contributed by atoms with Crippen LogP contribution in [0.3, 0.4) is 0 Å². The van der Waals surface area contributed by atoms with Gasteiger partial charge in [-0.25, -0.2) is 4.39 Å². The van der Waals surface area contributed by atoms with Crippen LogP contribution in [0.25, 0.3) is 0 Å². The number of benzene rings is 1. The second-order valence-corrected chi connectivity index (χ2v) is 2.95. The van der Waals surface area contributed by atoms with Crippen LogP contribution in [0.1, 0.15) is 5.56 Å². The highest BCUT2D eigenvalue weighted by Crippen LogP contribution is 2.36. The minimum Gasteiger partial charge on any atom is -0.504 e. The first-order valence-electron chi connectivity index (χ1n) is 3.72. The van der Waals surface area contributed by atoms with Crippen molar-refractivity contribution in [3.8, 4) is 17.6 Å². The van der Waals surface area contributed by atoms with Crippen molar-refractivity contribution in [3.05, 3.63) is 22.5 Å². The van der Waals surface area contributed by atoms with Crippen molar-refractivity contribution in [2.24, 2.45) is 0 Å². The largest absolute Gasteiger partial charge is 0.504 e. The Kier molecular flexibility index (Phi) is 3.15. The Labute approximate surface area is 85.3 Å². The number of methoxy groups -OCH3 is 1. The van der Waals surface area contributed by atoms with E-state index in [2.05, 4.69) is 0 Å². The van der Waals surface area contributed by atoms with Crippen LogP contribution in [-0.4, -0.2) is 12.2 Å². The monoisotopic (exact) mass is 215 g/mol. The molecule has 14 heavy (non-hydrogen) atoms. The highest BCUT2D eigenvalue weighted by atomic mass is 35.5. The van der Waals surface area contributed by atoms with E-state index in [0.717, 1.165) is 6.07 Å². The molecule has 0 atom stereocenters. The van der Waals surface area contributed by atoms with Crippen LogP contribution in [0.15, 0.2) is 6.07 Å². The molecule has 1 aromatic carbocycles. The third kappa shape index (κ3) is 1.73. The molecule has 0 unspecified atom stereocenters. The molecule has 1 N–H and O–H groups in total. The lowest BCUT2D eigenvalue weighted by Crippen LogP contribution is -1.96. The molecule has 0 spiro atoms. The Hall–Kier alpha value is -1.47. The summed E-state index contributed by atoms with van der Waals surface area (Å²) in [5.74, 6) is -1.06. The van der Waals surface area contributed by atoms with Crippen LogP contribution >= 0.6 is 11.6 Å². The van der Waals surface area contributed by atoms with Crippen LogP contribution < -0.4 is 4.74 Å². The van der Waals surface area contributed by atoms with Crippen molar-refractivity contribution in [2.75, 3.05) is 7.11 Å². The van der Waals surface area contributed by atoms with Gasteiger partial charge in [-0.05, 0) is 0 Å². The van der Waals surface area contributed by atoms with E-state index in [1.807, 2.05) is 0 Å². The fraction of sp³-hybridized carbons (Fsp3) is 0.222. The number of aromatic hydroxyl groups is 1. The first-order chi connectivity index (χ1) is 6.61. The molecule has 0 aromatic heterocycles. The molecule has 0 heterocycles. The molecule has 1 aromatic rings. The SMILES string of the molecule is COc1c(O)cc(Cl)c(F)c1CC#N. The Bertz CT molecular complexity index is 401. The zero-order valence-corrected chi connectivity index (χ0v) is 8.10. The van der Waals surface area contributed by atoms with Gasteiger partial charge in [0.05, 0.1) is 24.6 Å². The quantitative estimate of drug-likeness (QED) is 0.823. The number of rotatable bonds is 2. The van der Waals surface area contributed by atoms with E-state index in [9.17, 15) is 9.50 Å². The Balaban J connectivity index is 3.41. The fourth-order valence-corrected chi connectivity index (χ4v) is 1.33. The molecule has 3 nitrogen and oxygen atoms in total. The lowest BCUT2D eigenvalue weighted by atomic mass is 10.1. The number of halogens is 2. The third-order valence-corrected chi connectivity index (χ3v) is 1.98. The van der Waals surface area contributed by atoms with Gasteiger partial charge in [0.15, 0.2) is 11.5 Å². The molecule has 0 aliphatic heterocycles. The van der Waals surface area contributed by atoms with Crippen molar-refractivity contribution >= 4 is 11.6 Å². The molecule has 1 rings (SSSR count). The molecule has 0 aliphatic rings. The third-order valence-electron chi connectivity index (χ3n) is 1.70. The molecule has 0 bridgehead atoms. The van der Waals surface area contributed by atoms with E-state index in [1.54, 1.807) is 6.07 Å². The van der Waals surface area contributed by atoms with Gasteiger partial charge in [-0.3, -0.25) is 0 Å². The Morgan fingerprint density at radius 1 is 1.71 bits per heavy atom. The predicted molar refractivity (Wildman–Crippen MR) is 48.9 cm³/mol. The molecule has 0 aliphatic carbocycles. The average molecular weight is 216 g/mol. The topological polar surface area (TPSA) is 53.2 Å². The molecule has 0 fully saturated rings. The summed E-state index contributed by atoms with van der Waals surface area (Å²) in [6.45, 7) is 0. The molecule has 0 saturated carbocycles. The Morgan fingerprint density at radius 2 is 2.36 bits per heavy atom. The minimum absolute atomic E-state index is 0.0278. The van der Waals surface area contributed by atoms with Gasteiger partial charge in [0.25, 0.3) is 0 Å². The summed E-state index contributed by atoms with van der Waals surface area (Å²) in [6.07, 6.45) is -0.205. The minimum atomic E-state index is -0.733. The maximum atomic E-state index is 13.3. The van der Waals surface area contributed by atoms with Crippen molar-refractivity contribution in [2.45, 2.75) is 6.42 Å². The average Bonchev–Trinajstić information content (AvgIpc) is 2.14. The number of phenols is 1. The summed E-state index contributed by atoms with van der Waals surface area (Å²) in [6, 6.07) is 2.80. The predicted octanol–water partition coefficient (Wildman–Crippen LogP) is 2.26. The zero-order chi connectivity index (χ0) is 10.7. The second-order valence-electron chi connectivity index (χ2n) is 2.54. The number of hydrogen-bond acceptors (Lipinski definition) is 3. The summed E-state index contributed by atoms with van der Waals surface area (Å²) in [7, 11) is 1.28. The first-order valence-corrected chi connectivity index (χ1v) is 4.10. The standard InChI is InChI=1S/C9H7ClFNO2/c1-14-9-5(2-3-12)8(11)6(10)4-7(9)13/h4,13H,2H2,1H3. The molecule has 0 radical (unpaired) electrons. The summed E-state index contributed by atoms with van der Waals surface area (Å²) in [5.41, 5.74) is -0.0278. The molecular weight excluding hydrogens is 209 g/mol. The summed E-state index contributed by atoms with van der Waals surface area (Å²) in [5, 5.41) is 17.6. The normalized spacial score (nSPS) is 9.57. The van der Waals surface area contributed by atoms with E-state index < -0.39 is 5.82 Å². The van der Waals surface area contributed by atoms with Gasteiger partial charge >= 0.3 is 0 Å². The smallest absolute Gasteiger partial charge is 0.167 e. The van der Waals surface area contributed by atoms with E-state index in [-0.39, 0.29) is 28.5 Å². The summed E-state index contributed by atoms with van der Waals surface area (Å²) >= 11 is 5.48. The zero-order valence-electron chi connectivity index (χ0n) is 7.34. The number of phenolic OH excluding ortho intramolecular Hbond substituents is 1. The van der Waals surface area contributed by atoms with E-state index in [1.165, 1.54) is 7.11 Å². The van der Waals surface area contributed by atoms with E-state index >= 15 is 0 Å². The van der Waals surface area contributed by atoms with Gasteiger partial charge in [-0.1, -0.05) is 11.6 Å². The van der Waals surface area contributed by atoms with Crippen LogP contribution in [-0.2, 0) is 6.42 Å². The van der Waals surface area contributed by atoms with Crippen molar-refractivity contribution in [1.29, 1.82) is 5.26 Å². The number of hydrogen-bond donors (Lipinski definition) is 1. The van der Waals surface area contributed by atoms with Crippen molar-refractivity contribution in [3.63, 3.8) is 0 Å². The van der Waals surface area contributed by atoms with Gasteiger partial charge in [-0.2, -0.15) is 5.26 Å².